The number of halogens is 2. The Morgan fingerprint density at radius 1 is 0.900 bits per heavy atom. The fourth-order valence-electron chi connectivity index (χ4n) is 1.14. The van der Waals surface area contributed by atoms with Gasteiger partial charge < -0.3 is 18.9 Å². The maximum Gasteiger partial charge on any atom is 0.513 e. The highest BCUT2D eigenvalue weighted by Gasteiger charge is 2.15. The van der Waals surface area contributed by atoms with E-state index in [1.165, 1.54) is 0 Å². The molecular weight excluding hydrogens is 494 g/mol. The molecule has 20 heavy (non-hydrogen) atoms. The molecule has 0 aliphatic rings. The average Bonchev–Trinajstić information content (AvgIpc) is 2.36. The van der Waals surface area contributed by atoms with E-state index in [9.17, 15) is 9.59 Å². The molecule has 0 spiro atoms. The van der Waals surface area contributed by atoms with E-state index in [0.29, 0.717) is 18.6 Å². The van der Waals surface area contributed by atoms with Crippen molar-refractivity contribution in [1.29, 1.82) is 0 Å². The lowest BCUT2D eigenvalue weighted by molar-refractivity contribution is 0.101. The van der Waals surface area contributed by atoms with Crippen molar-refractivity contribution in [2.75, 3.05) is 13.2 Å². The first-order valence-corrected chi connectivity index (χ1v) is 7.81. The lowest BCUT2D eigenvalue weighted by Crippen LogP contribution is -2.13. The van der Waals surface area contributed by atoms with Gasteiger partial charge in [0.05, 0.1) is 20.4 Å². The quantitative estimate of drug-likeness (QED) is 0.350. The van der Waals surface area contributed by atoms with Crippen LogP contribution in [0.25, 0.3) is 0 Å². The molecule has 1 aromatic carbocycles. The summed E-state index contributed by atoms with van der Waals surface area (Å²) in [5, 5.41) is 0. The fourth-order valence-corrected chi connectivity index (χ4v) is 2.24. The van der Waals surface area contributed by atoms with E-state index in [1.807, 2.05) is 45.2 Å². The standard InChI is InChI=1S/C12H12I2O6/c1-3-17-11(15)19-9-5-8(14)10(6-7(9)13)20-12(16)18-4-2/h5-6H,3-4H2,1-2H3. The largest absolute Gasteiger partial charge is 0.513 e. The second-order valence-corrected chi connectivity index (χ2v) is 5.61. The van der Waals surface area contributed by atoms with Crippen LogP contribution in [0.1, 0.15) is 13.8 Å². The summed E-state index contributed by atoms with van der Waals surface area (Å²) < 4.78 is 20.7. The summed E-state index contributed by atoms with van der Waals surface area (Å²) in [6.45, 7) is 3.84. The maximum atomic E-state index is 11.3. The van der Waals surface area contributed by atoms with Crippen molar-refractivity contribution >= 4 is 57.5 Å². The number of carbonyl (C=O) groups is 2. The molecule has 8 heteroatoms. The van der Waals surface area contributed by atoms with E-state index >= 15 is 0 Å². The molecule has 1 aromatic rings. The first kappa shape index (κ1) is 17.3. The monoisotopic (exact) mass is 506 g/mol. The van der Waals surface area contributed by atoms with Gasteiger partial charge in [-0.2, -0.15) is 0 Å². The normalized spacial score (nSPS) is 9.80. The summed E-state index contributed by atoms with van der Waals surface area (Å²) in [5.74, 6) is 0.675. The Morgan fingerprint density at radius 3 is 1.55 bits per heavy atom. The third-order valence-corrected chi connectivity index (χ3v) is 3.58. The number of ether oxygens (including phenoxy) is 4. The van der Waals surface area contributed by atoms with E-state index in [-0.39, 0.29) is 13.2 Å². The van der Waals surface area contributed by atoms with Gasteiger partial charge in [-0.3, -0.25) is 0 Å². The summed E-state index contributed by atoms with van der Waals surface area (Å²) in [7, 11) is 0. The molecule has 0 amide bonds. The van der Waals surface area contributed by atoms with E-state index in [0.717, 1.165) is 0 Å². The number of hydrogen-bond donors (Lipinski definition) is 0. The number of hydrogen-bond acceptors (Lipinski definition) is 6. The molecule has 0 saturated heterocycles. The van der Waals surface area contributed by atoms with Crippen LogP contribution in [0.2, 0.25) is 0 Å². The van der Waals surface area contributed by atoms with Gasteiger partial charge in [0.2, 0.25) is 0 Å². The van der Waals surface area contributed by atoms with Crippen LogP contribution in [0.15, 0.2) is 12.1 Å². The smallest absolute Gasteiger partial charge is 0.434 e. The second kappa shape index (κ2) is 8.49. The Hall–Kier alpha value is -0.780. The summed E-state index contributed by atoms with van der Waals surface area (Å²) in [6, 6.07) is 3.15. The second-order valence-electron chi connectivity index (χ2n) is 3.28. The summed E-state index contributed by atoms with van der Waals surface area (Å²) in [5.41, 5.74) is 0. The third-order valence-electron chi connectivity index (χ3n) is 1.90. The Kier molecular flexibility index (Phi) is 7.34. The van der Waals surface area contributed by atoms with Crippen LogP contribution in [-0.2, 0) is 9.47 Å². The van der Waals surface area contributed by atoms with Crippen molar-refractivity contribution < 1.29 is 28.5 Å². The van der Waals surface area contributed by atoms with Gasteiger partial charge in [-0.05, 0) is 71.2 Å². The van der Waals surface area contributed by atoms with Gasteiger partial charge in [0, 0.05) is 0 Å². The molecule has 0 radical (unpaired) electrons. The number of carbonyl (C=O) groups excluding carboxylic acids is 2. The highest BCUT2D eigenvalue weighted by Crippen LogP contribution is 2.31. The van der Waals surface area contributed by atoms with Crippen molar-refractivity contribution in [2.24, 2.45) is 0 Å². The van der Waals surface area contributed by atoms with Gasteiger partial charge in [0.25, 0.3) is 0 Å². The van der Waals surface area contributed by atoms with Gasteiger partial charge >= 0.3 is 12.3 Å². The first-order chi connectivity index (χ1) is 9.47. The van der Waals surface area contributed by atoms with Crippen LogP contribution < -0.4 is 9.47 Å². The predicted octanol–water partition coefficient (Wildman–Crippen LogP) is 3.97. The molecule has 0 unspecified atom stereocenters. The van der Waals surface area contributed by atoms with Gasteiger partial charge in [-0.15, -0.1) is 0 Å². The van der Waals surface area contributed by atoms with Crippen molar-refractivity contribution in [2.45, 2.75) is 13.8 Å². The summed E-state index contributed by atoms with van der Waals surface area (Å²) in [4.78, 5) is 22.5. The molecular formula is C12H12I2O6. The van der Waals surface area contributed by atoms with Gasteiger partial charge in [0.15, 0.2) is 0 Å². The predicted molar refractivity (Wildman–Crippen MR) is 87.2 cm³/mol. The zero-order valence-corrected chi connectivity index (χ0v) is 15.1. The third kappa shape index (κ3) is 5.31. The van der Waals surface area contributed by atoms with Crippen LogP contribution in [0.3, 0.4) is 0 Å². The highest BCUT2D eigenvalue weighted by atomic mass is 127. The number of rotatable bonds is 4. The van der Waals surface area contributed by atoms with Crippen LogP contribution in [0.5, 0.6) is 11.5 Å². The van der Waals surface area contributed by atoms with Gasteiger partial charge in [-0.25, -0.2) is 9.59 Å². The molecule has 0 N–H and O–H groups in total. The molecule has 0 heterocycles. The molecule has 0 aromatic heterocycles. The first-order valence-electron chi connectivity index (χ1n) is 5.66. The van der Waals surface area contributed by atoms with Gasteiger partial charge in [-0.1, -0.05) is 0 Å². The Balaban J connectivity index is 2.85. The molecule has 0 aliphatic heterocycles. The molecule has 0 saturated carbocycles. The molecule has 0 fully saturated rings. The molecule has 0 atom stereocenters. The number of benzene rings is 1. The van der Waals surface area contributed by atoms with Crippen LogP contribution in [0, 0.1) is 7.14 Å². The minimum atomic E-state index is -0.778. The van der Waals surface area contributed by atoms with Gasteiger partial charge in [0.1, 0.15) is 11.5 Å². The Morgan fingerprint density at radius 2 is 1.25 bits per heavy atom. The van der Waals surface area contributed by atoms with Crippen molar-refractivity contribution in [3.05, 3.63) is 19.3 Å². The van der Waals surface area contributed by atoms with E-state index in [1.54, 1.807) is 26.0 Å². The summed E-state index contributed by atoms with van der Waals surface area (Å²) in [6.07, 6.45) is -1.56. The van der Waals surface area contributed by atoms with Crippen LogP contribution >= 0.6 is 45.2 Å². The van der Waals surface area contributed by atoms with Crippen LogP contribution in [-0.4, -0.2) is 25.5 Å². The molecule has 6 nitrogen and oxygen atoms in total. The molecule has 110 valence electrons. The van der Waals surface area contributed by atoms with E-state index < -0.39 is 12.3 Å². The highest BCUT2D eigenvalue weighted by molar-refractivity contribution is 14.1. The molecule has 0 bridgehead atoms. The van der Waals surface area contributed by atoms with Crippen molar-refractivity contribution in [3.63, 3.8) is 0 Å². The zero-order chi connectivity index (χ0) is 15.1. The van der Waals surface area contributed by atoms with Crippen molar-refractivity contribution in [3.8, 4) is 11.5 Å². The van der Waals surface area contributed by atoms with Crippen LogP contribution in [0.4, 0.5) is 9.59 Å². The Bertz CT molecular complexity index is 457. The Labute approximate surface area is 143 Å². The van der Waals surface area contributed by atoms with Crippen molar-refractivity contribution in [1.82, 2.24) is 0 Å². The van der Waals surface area contributed by atoms with E-state index in [2.05, 4.69) is 0 Å². The van der Waals surface area contributed by atoms with E-state index in [4.69, 9.17) is 18.9 Å². The molecule has 0 aliphatic carbocycles. The summed E-state index contributed by atoms with van der Waals surface area (Å²) >= 11 is 3.93. The lowest BCUT2D eigenvalue weighted by Gasteiger charge is -2.10. The SMILES string of the molecule is CCOC(=O)Oc1cc(I)c(OC(=O)OCC)cc1I. The fraction of sp³-hybridized carbons (Fsp3) is 0.333. The zero-order valence-electron chi connectivity index (χ0n) is 10.8. The topological polar surface area (TPSA) is 71.1 Å². The maximum absolute atomic E-state index is 11.3. The minimum Gasteiger partial charge on any atom is -0.434 e. The lowest BCUT2D eigenvalue weighted by atomic mass is 10.3. The minimum absolute atomic E-state index is 0.233. The average molecular weight is 506 g/mol. The molecule has 1 rings (SSSR count).